The van der Waals surface area contributed by atoms with Crippen LogP contribution in [0.1, 0.15) is 83.9 Å². The lowest BCUT2D eigenvalue weighted by Gasteiger charge is -2.25. The molecular formula is C37H44F2N4O4. The van der Waals surface area contributed by atoms with Crippen LogP contribution in [-0.2, 0) is 17.7 Å². The quantitative estimate of drug-likeness (QED) is 0.128. The van der Waals surface area contributed by atoms with Crippen LogP contribution in [0.4, 0.5) is 8.78 Å². The van der Waals surface area contributed by atoms with Crippen molar-refractivity contribution >= 4 is 11.9 Å². The van der Waals surface area contributed by atoms with E-state index >= 15 is 0 Å². The van der Waals surface area contributed by atoms with E-state index in [1.165, 1.54) is 36.2 Å². The van der Waals surface area contributed by atoms with Crippen LogP contribution in [0.3, 0.4) is 0 Å². The summed E-state index contributed by atoms with van der Waals surface area (Å²) in [5.41, 5.74) is 10.0. The van der Waals surface area contributed by atoms with Crippen molar-refractivity contribution in [1.29, 1.82) is 0 Å². The van der Waals surface area contributed by atoms with Crippen molar-refractivity contribution in [2.24, 2.45) is 5.73 Å². The van der Waals surface area contributed by atoms with Crippen LogP contribution in [0, 0.1) is 11.6 Å². The first-order chi connectivity index (χ1) is 22.6. The number of hydrogen-bond donors (Lipinski definition) is 2. The molecule has 8 nitrogen and oxygen atoms in total. The van der Waals surface area contributed by atoms with Gasteiger partial charge in [0.15, 0.2) is 0 Å². The van der Waals surface area contributed by atoms with Gasteiger partial charge < -0.3 is 25.1 Å². The molecule has 0 bridgehead atoms. The molecule has 0 spiro atoms. The number of benzene rings is 3. The summed E-state index contributed by atoms with van der Waals surface area (Å²) in [7, 11) is 0. The fourth-order valence-electron chi connectivity index (χ4n) is 5.44. The van der Waals surface area contributed by atoms with E-state index in [4.69, 9.17) is 14.9 Å². The summed E-state index contributed by atoms with van der Waals surface area (Å²) in [5, 5.41) is 3.33. The van der Waals surface area contributed by atoms with Gasteiger partial charge >= 0.3 is 5.97 Å². The number of carbonyl (C=O) groups excluding carboxylic acids is 2. The highest BCUT2D eigenvalue weighted by Crippen LogP contribution is 2.24. The highest BCUT2D eigenvalue weighted by molar-refractivity contribution is 5.99. The van der Waals surface area contributed by atoms with Gasteiger partial charge in [0.2, 0.25) is 5.89 Å². The van der Waals surface area contributed by atoms with Gasteiger partial charge in [0.1, 0.15) is 24.0 Å². The number of carbonyl (C=O) groups is 2. The van der Waals surface area contributed by atoms with E-state index in [1.807, 2.05) is 26.0 Å². The Balaban J connectivity index is 1.61. The van der Waals surface area contributed by atoms with Gasteiger partial charge in [0.25, 0.3) is 5.91 Å². The Kier molecular flexibility index (Phi) is 12.8. The minimum atomic E-state index is -0.886. The molecule has 1 aromatic heterocycles. The molecule has 0 aliphatic rings. The zero-order valence-corrected chi connectivity index (χ0v) is 27.5. The molecule has 0 fully saturated rings. The van der Waals surface area contributed by atoms with Gasteiger partial charge in [-0.2, -0.15) is 0 Å². The second-order valence-electron chi connectivity index (χ2n) is 12.0. The summed E-state index contributed by atoms with van der Waals surface area (Å²) in [4.78, 5) is 33.3. The fourth-order valence-corrected chi connectivity index (χ4v) is 5.44. The summed E-state index contributed by atoms with van der Waals surface area (Å²) in [6.45, 7) is 10.0. The van der Waals surface area contributed by atoms with Gasteiger partial charge in [0.05, 0.1) is 11.8 Å². The Labute approximate surface area is 275 Å². The summed E-state index contributed by atoms with van der Waals surface area (Å²) >= 11 is 0. The molecule has 1 heterocycles. The van der Waals surface area contributed by atoms with Crippen LogP contribution in [-0.4, -0.2) is 53.5 Å². The third-order valence-corrected chi connectivity index (χ3v) is 7.79. The van der Waals surface area contributed by atoms with Crippen molar-refractivity contribution in [2.75, 3.05) is 19.6 Å². The molecule has 0 radical (unpaired) electrons. The normalized spacial score (nSPS) is 12.6. The number of halogens is 2. The predicted molar refractivity (Wildman–Crippen MR) is 178 cm³/mol. The smallest absolute Gasteiger partial charge is 0.338 e. The van der Waals surface area contributed by atoms with Crippen LogP contribution in [0.25, 0.3) is 11.5 Å². The number of nitrogens with zero attached hydrogens (tertiary/aromatic N) is 2. The van der Waals surface area contributed by atoms with Gasteiger partial charge in [-0.25, -0.2) is 18.6 Å². The van der Waals surface area contributed by atoms with E-state index < -0.39 is 29.7 Å². The number of rotatable bonds is 16. The Bertz CT molecular complexity index is 1600. The monoisotopic (exact) mass is 646 g/mol. The Morgan fingerprint density at radius 2 is 1.66 bits per heavy atom. The second kappa shape index (κ2) is 16.9. The van der Waals surface area contributed by atoms with Crippen molar-refractivity contribution in [1.82, 2.24) is 15.2 Å². The van der Waals surface area contributed by atoms with E-state index in [-0.39, 0.29) is 30.3 Å². The number of nitrogens with two attached hydrogens (primary N) is 1. The minimum absolute atomic E-state index is 0.0558. The van der Waals surface area contributed by atoms with E-state index in [0.29, 0.717) is 42.2 Å². The molecular weight excluding hydrogens is 602 g/mol. The number of ether oxygens (including phenoxy) is 1. The van der Waals surface area contributed by atoms with Gasteiger partial charge in [-0.3, -0.25) is 4.79 Å². The molecule has 250 valence electrons. The first-order valence-corrected chi connectivity index (χ1v) is 16.1. The molecule has 0 saturated carbocycles. The number of esters is 1. The lowest BCUT2D eigenvalue weighted by Crippen LogP contribution is -2.46. The third-order valence-electron chi connectivity index (χ3n) is 7.79. The minimum Gasteiger partial charge on any atom is -0.456 e. The highest BCUT2D eigenvalue weighted by Gasteiger charge is 2.26. The lowest BCUT2D eigenvalue weighted by molar-refractivity contribution is 0.0238. The third kappa shape index (κ3) is 10.0. The maximum atomic E-state index is 14.0. The van der Waals surface area contributed by atoms with E-state index in [2.05, 4.69) is 36.3 Å². The molecule has 0 aliphatic carbocycles. The number of amides is 1. The molecule has 1 amide bonds. The fraction of sp³-hybridized carbons (Fsp3) is 0.378. The van der Waals surface area contributed by atoms with Crippen molar-refractivity contribution in [3.05, 3.63) is 113 Å². The van der Waals surface area contributed by atoms with Gasteiger partial charge in [-0.15, -0.1) is 0 Å². The molecule has 0 saturated heterocycles. The zero-order chi connectivity index (χ0) is 33.9. The molecule has 47 heavy (non-hydrogen) atoms. The molecule has 0 aliphatic heterocycles. The summed E-state index contributed by atoms with van der Waals surface area (Å²) < 4.78 is 39.5. The Morgan fingerprint density at radius 1 is 0.957 bits per heavy atom. The first-order valence-electron chi connectivity index (χ1n) is 16.1. The summed E-state index contributed by atoms with van der Waals surface area (Å²) in [6.07, 6.45) is 3.63. The van der Waals surface area contributed by atoms with E-state index in [0.717, 1.165) is 24.5 Å². The second-order valence-corrected chi connectivity index (χ2v) is 12.0. The highest BCUT2D eigenvalue weighted by atomic mass is 19.1. The largest absolute Gasteiger partial charge is 0.456 e. The van der Waals surface area contributed by atoms with Gasteiger partial charge in [-0.1, -0.05) is 52.0 Å². The van der Waals surface area contributed by atoms with Crippen LogP contribution >= 0.6 is 0 Å². The van der Waals surface area contributed by atoms with E-state index in [1.54, 1.807) is 17.0 Å². The van der Waals surface area contributed by atoms with Gasteiger partial charge in [0, 0.05) is 49.4 Å². The number of hydrogen-bond acceptors (Lipinski definition) is 7. The van der Waals surface area contributed by atoms with Crippen molar-refractivity contribution < 1.29 is 27.5 Å². The zero-order valence-electron chi connectivity index (χ0n) is 27.5. The van der Waals surface area contributed by atoms with Crippen LogP contribution < -0.4 is 11.1 Å². The van der Waals surface area contributed by atoms with Crippen LogP contribution in [0.15, 0.2) is 77.5 Å². The van der Waals surface area contributed by atoms with Crippen LogP contribution in [0.2, 0.25) is 0 Å². The number of nitrogens with one attached hydrogen (secondary N) is 1. The van der Waals surface area contributed by atoms with Crippen molar-refractivity contribution in [3.8, 4) is 11.5 Å². The molecule has 4 aromatic rings. The Morgan fingerprint density at radius 3 is 2.30 bits per heavy atom. The molecule has 3 N–H and O–H groups in total. The van der Waals surface area contributed by atoms with E-state index in [9.17, 15) is 18.4 Å². The maximum Gasteiger partial charge on any atom is 0.338 e. The van der Waals surface area contributed by atoms with Crippen molar-refractivity contribution in [2.45, 2.75) is 71.6 Å². The topological polar surface area (TPSA) is 111 Å². The number of aromatic nitrogens is 1. The summed E-state index contributed by atoms with van der Waals surface area (Å²) in [5.74, 6) is -1.75. The SMILES string of the molecule is CCCN(CCC)C(=O)c1cc(C(=O)O[C@H](CNCc2cccc(C(C)C)c2)[C@@H](N)Cc2cc(F)cc(F)c2)cc(-c2ncco2)c1. The maximum absolute atomic E-state index is 14.0. The average Bonchev–Trinajstić information content (AvgIpc) is 3.59. The summed E-state index contributed by atoms with van der Waals surface area (Å²) in [6, 6.07) is 15.3. The number of oxazole rings is 1. The average molecular weight is 647 g/mol. The molecule has 4 rings (SSSR count). The molecule has 10 heteroatoms. The lowest BCUT2D eigenvalue weighted by atomic mass is 10.00. The first kappa shape index (κ1) is 35.4. The molecule has 0 unspecified atom stereocenters. The predicted octanol–water partition coefficient (Wildman–Crippen LogP) is 6.89. The molecule has 3 aromatic carbocycles. The van der Waals surface area contributed by atoms with Crippen LogP contribution in [0.5, 0.6) is 0 Å². The standard InChI is InChI=1S/C37H44F2N4O4/c1-5-11-43(12-6-2)36(44)29-18-28(35-42-10-13-46-35)19-30(20-29)37(45)47-34(33(40)17-26-15-31(38)21-32(39)16-26)23-41-22-25-8-7-9-27(14-25)24(3)4/h7-10,13-16,18-21,24,33-34,41H,5-6,11-12,17,22-23,40H2,1-4H3/t33-,34+/m0/s1. The Hall–Kier alpha value is -4.41. The van der Waals surface area contributed by atoms with Gasteiger partial charge in [-0.05, 0) is 72.2 Å². The van der Waals surface area contributed by atoms with Crippen molar-refractivity contribution in [3.63, 3.8) is 0 Å². The molecule has 2 atom stereocenters.